The summed E-state index contributed by atoms with van der Waals surface area (Å²) in [5, 5.41) is 10.1. The van der Waals surface area contributed by atoms with Crippen LogP contribution in [0, 0.1) is 5.92 Å². The maximum absolute atomic E-state index is 12.4. The normalized spacial score (nSPS) is 19.1. The number of aryl methyl sites for hydroxylation is 1. The Labute approximate surface area is 118 Å². The molecule has 1 saturated heterocycles. The molecule has 0 bridgehead atoms. The van der Waals surface area contributed by atoms with Crippen LogP contribution in [0.5, 0.6) is 0 Å². The van der Waals surface area contributed by atoms with E-state index in [0.717, 1.165) is 0 Å². The van der Waals surface area contributed by atoms with E-state index in [4.69, 9.17) is 5.73 Å². The number of aliphatic hydroxyl groups is 1. The summed E-state index contributed by atoms with van der Waals surface area (Å²) in [7, 11) is -2.14. The molecule has 8 heteroatoms. The highest BCUT2D eigenvalue weighted by atomic mass is 32.2. The Balaban J connectivity index is 2.25. The Bertz CT molecular complexity index is 642. The topological polar surface area (TPSA) is 106 Å². The molecule has 0 atom stereocenters. The van der Waals surface area contributed by atoms with Crippen molar-refractivity contribution in [2.24, 2.45) is 18.7 Å². The molecular weight excluding hydrogens is 282 g/mol. The molecule has 0 spiro atoms. The van der Waals surface area contributed by atoms with Gasteiger partial charge in [-0.1, -0.05) is 13.8 Å². The maximum atomic E-state index is 12.4. The molecular formula is C12H19N3O4S. The molecule has 1 fully saturated rings. The van der Waals surface area contributed by atoms with Gasteiger partial charge in [0.25, 0.3) is 5.91 Å². The van der Waals surface area contributed by atoms with Crippen LogP contribution in [-0.2, 0) is 17.1 Å². The Kier molecular flexibility index (Phi) is 3.43. The second kappa shape index (κ2) is 4.57. The second-order valence-corrected chi connectivity index (χ2v) is 7.51. The van der Waals surface area contributed by atoms with Gasteiger partial charge in [0.1, 0.15) is 10.6 Å². The largest absolute Gasteiger partial charge is 0.387 e. The first-order chi connectivity index (χ1) is 9.08. The summed E-state index contributed by atoms with van der Waals surface area (Å²) in [5.74, 6) is -0.706. The van der Waals surface area contributed by atoms with Crippen molar-refractivity contribution in [1.82, 2.24) is 8.87 Å². The lowest BCUT2D eigenvalue weighted by Gasteiger charge is -2.47. The van der Waals surface area contributed by atoms with E-state index in [9.17, 15) is 18.3 Å². The fourth-order valence-electron chi connectivity index (χ4n) is 2.17. The van der Waals surface area contributed by atoms with Crippen molar-refractivity contribution in [2.45, 2.75) is 24.3 Å². The quantitative estimate of drug-likeness (QED) is 0.783. The molecule has 2 rings (SSSR count). The Hall–Kier alpha value is -1.38. The molecule has 1 amide bonds. The van der Waals surface area contributed by atoms with Crippen LogP contribution in [0.15, 0.2) is 17.2 Å². The summed E-state index contributed by atoms with van der Waals surface area (Å²) in [6.07, 6.45) is 1.35. The number of primary amides is 1. The van der Waals surface area contributed by atoms with Gasteiger partial charge in [-0.25, -0.2) is 8.42 Å². The number of amides is 1. The van der Waals surface area contributed by atoms with Crippen molar-refractivity contribution >= 4 is 15.9 Å². The number of aromatic nitrogens is 1. The number of sulfonamides is 1. The molecule has 112 valence electrons. The first-order valence-electron chi connectivity index (χ1n) is 6.26. The van der Waals surface area contributed by atoms with E-state index in [-0.39, 0.29) is 29.6 Å². The smallest absolute Gasteiger partial charge is 0.265 e. The van der Waals surface area contributed by atoms with Crippen molar-refractivity contribution in [3.8, 4) is 0 Å². The predicted molar refractivity (Wildman–Crippen MR) is 72.5 cm³/mol. The Morgan fingerprint density at radius 2 is 2.00 bits per heavy atom. The molecule has 1 aliphatic rings. The van der Waals surface area contributed by atoms with Gasteiger partial charge in [-0.3, -0.25) is 4.79 Å². The molecule has 1 aliphatic heterocycles. The molecule has 3 N–H and O–H groups in total. The molecule has 7 nitrogen and oxygen atoms in total. The van der Waals surface area contributed by atoms with Crippen molar-refractivity contribution in [2.75, 3.05) is 13.1 Å². The molecule has 2 heterocycles. The van der Waals surface area contributed by atoms with Crippen LogP contribution >= 0.6 is 0 Å². The summed E-state index contributed by atoms with van der Waals surface area (Å²) in [6, 6.07) is 1.25. The van der Waals surface area contributed by atoms with Gasteiger partial charge in [0, 0.05) is 26.3 Å². The number of rotatable bonds is 4. The van der Waals surface area contributed by atoms with E-state index in [1.165, 1.54) is 21.1 Å². The molecule has 0 aliphatic carbocycles. The van der Waals surface area contributed by atoms with Crippen LogP contribution in [-0.4, -0.2) is 47.0 Å². The third kappa shape index (κ3) is 2.23. The minimum absolute atomic E-state index is 0.0135. The first-order valence-corrected chi connectivity index (χ1v) is 7.70. The highest BCUT2D eigenvalue weighted by molar-refractivity contribution is 7.89. The minimum Gasteiger partial charge on any atom is -0.387 e. The van der Waals surface area contributed by atoms with Crippen molar-refractivity contribution in [1.29, 1.82) is 0 Å². The van der Waals surface area contributed by atoms with E-state index in [1.54, 1.807) is 7.05 Å². The fourth-order valence-corrected chi connectivity index (χ4v) is 3.81. The van der Waals surface area contributed by atoms with Crippen LogP contribution < -0.4 is 5.73 Å². The molecule has 0 unspecified atom stereocenters. The Morgan fingerprint density at radius 1 is 1.45 bits per heavy atom. The zero-order valence-corrected chi connectivity index (χ0v) is 12.5. The van der Waals surface area contributed by atoms with E-state index in [1.807, 2.05) is 13.8 Å². The number of carbonyl (C=O) groups is 1. The van der Waals surface area contributed by atoms with Gasteiger partial charge < -0.3 is 15.4 Å². The number of nitrogens with zero attached hydrogens (tertiary/aromatic N) is 2. The summed E-state index contributed by atoms with van der Waals surface area (Å²) in [4.78, 5) is 11.2. The standard InChI is InChI=1S/C12H19N3O4S/c1-8(2)12(17)6-15(7-12)20(18,19)9-4-10(11(13)16)14(3)5-9/h4-5,8,17H,6-7H2,1-3H3,(H2,13,16). The zero-order valence-electron chi connectivity index (χ0n) is 11.7. The van der Waals surface area contributed by atoms with E-state index < -0.39 is 21.5 Å². The van der Waals surface area contributed by atoms with E-state index >= 15 is 0 Å². The summed E-state index contributed by atoms with van der Waals surface area (Å²) in [6.45, 7) is 3.82. The predicted octanol–water partition coefficient (Wildman–Crippen LogP) is -0.485. The van der Waals surface area contributed by atoms with Crippen molar-refractivity contribution < 1.29 is 18.3 Å². The van der Waals surface area contributed by atoms with Gasteiger partial charge >= 0.3 is 0 Å². The van der Waals surface area contributed by atoms with Gasteiger partial charge in [0.05, 0.1) is 5.60 Å². The number of carbonyl (C=O) groups excluding carboxylic acids is 1. The summed E-state index contributed by atoms with van der Waals surface area (Å²) < 4.78 is 27.3. The Morgan fingerprint density at radius 3 is 2.40 bits per heavy atom. The lowest BCUT2D eigenvalue weighted by atomic mass is 9.85. The third-order valence-corrected chi connectivity index (χ3v) is 5.60. The van der Waals surface area contributed by atoms with Crippen molar-refractivity contribution in [3.05, 3.63) is 18.0 Å². The molecule has 0 aromatic carbocycles. The van der Waals surface area contributed by atoms with Gasteiger partial charge in [-0.2, -0.15) is 4.31 Å². The highest BCUT2D eigenvalue weighted by Gasteiger charge is 2.49. The second-order valence-electron chi connectivity index (χ2n) is 5.57. The van der Waals surface area contributed by atoms with E-state index in [0.29, 0.717) is 0 Å². The number of hydrogen-bond donors (Lipinski definition) is 2. The lowest BCUT2D eigenvalue weighted by molar-refractivity contribution is -0.0932. The average molecular weight is 301 g/mol. The average Bonchev–Trinajstić information content (AvgIpc) is 2.67. The maximum Gasteiger partial charge on any atom is 0.265 e. The van der Waals surface area contributed by atoms with Gasteiger partial charge in [-0.15, -0.1) is 0 Å². The van der Waals surface area contributed by atoms with Gasteiger partial charge in [-0.05, 0) is 12.0 Å². The van der Waals surface area contributed by atoms with Crippen LogP contribution in [0.3, 0.4) is 0 Å². The van der Waals surface area contributed by atoms with Gasteiger partial charge in [0.15, 0.2) is 0 Å². The molecule has 1 aromatic rings. The van der Waals surface area contributed by atoms with Crippen LogP contribution in [0.1, 0.15) is 24.3 Å². The molecule has 0 saturated carbocycles. The van der Waals surface area contributed by atoms with Gasteiger partial charge in [0.2, 0.25) is 10.0 Å². The summed E-state index contributed by atoms with van der Waals surface area (Å²) >= 11 is 0. The molecule has 1 aromatic heterocycles. The fraction of sp³-hybridized carbons (Fsp3) is 0.583. The summed E-state index contributed by atoms with van der Waals surface area (Å²) in [5.41, 5.74) is 4.32. The SMILES string of the molecule is CC(C)C1(O)CN(S(=O)(=O)c2cc(C(N)=O)n(C)c2)C1. The molecule has 0 radical (unpaired) electrons. The van der Waals surface area contributed by atoms with E-state index in [2.05, 4.69) is 0 Å². The van der Waals surface area contributed by atoms with Crippen LogP contribution in [0.25, 0.3) is 0 Å². The number of nitrogens with two attached hydrogens (primary N) is 1. The van der Waals surface area contributed by atoms with Crippen LogP contribution in [0.4, 0.5) is 0 Å². The lowest BCUT2D eigenvalue weighted by Crippen LogP contribution is -2.65. The first kappa shape index (κ1) is 15.0. The molecule has 20 heavy (non-hydrogen) atoms. The highest BCUT2D eigenvalue weighted by Crippen LogP contribution is 2.33. The van der Waals surface area contributed by atoms with Crippen LogP contribution in [0.2, 0.25) is 0 Å². The minimum atomic E-state index is -3.70. The zero-order chi connectivity index (χ0) is 15.3. The monoisotopic (exact) mass is 301 g/mol. The number of hydrogen-bond acceptors (Lipinski definition) is 4. The number of β-amino-alcohol motifs (C(OH)–C–C–N with tert-alkyl or cyclic N) is 1. The third-order valence-electron chi connectivity index (χ3n) is 3.85. The van der Waals surface area contributed by atoms with Crippen molar-refractivity contribution in [3.63, 3.8) is 0 Å².